The van der Waals surface area contributed by atoms with Crippen LogP contribution in [0.15, 0.2) is 0 Å². The van der Waals surface area contributed by atoms with Gasteiger partial charge in [-0.2, -0.15) is 0 Å². The second-order valence-electron chi connectivity index (χ2n) is 5.45. The first kappa shape index (κ1) is 14.1. The first-order valence-electron chi connectivity index (χ1n) is 7.03. The van der Waals surface area contributed by atoms with Gasteiger partial charge in [-0.25, -0.2) is 4.79 Å². The van der Waals surface area contributed by atoms with Gasteiger partial charge in [0.15, 0.2) is 0 Å². The summed E-state index contributed by atoms with van der Waals surface area (Å²) >= 11 is 0. The number of aliphatic hydroxyl groups is 1. The van der Waals surface area contributed by atoms with E-state index in [-0.39, 0.29) is 18.5 Å². The predicted molar refractivity (Wildman–Crippen MR) is 68.8 cm³/mol. The van der Waals surface area contributed by atoms with Crippen LogP contribution >= 0.6 is 0 Å². The number of aliphatic hydroxyl groups excluding tert-OH is 1. The second-order valence-corrected chi connectivity index (χ2v) is 5.45. The molecule has 2 atom stereocenters. The molecule has 0 spiro atoms. The highest BCUT2D eigenvalue weighted by Crippen LogP contribution is 2.23. The molecule has 2 amide bonds. The molecule has 0 aliphatic carbocycles. The topological polar surface area (TPSA) is 81.1 Å². The molecule has 2 fully saturated rings. The summed E-state index contributed by atoms with van der Waals surface area (Å²) in [4.78, 5) is 26.6. The van der Waals surface area contributed by atoms with Crippen LogP contribution < -0.4 is 0 Å². The minimum absolute atomic E-state index is 0.0355. The molecule has 108 valence electrons. The van der Waals surface area contributed by atoms with E-state index in [1.807, 2.05) is 4.90 Å². The van der Waals surface area contributed by atoms with Gasteiger partial charge < -0.3 is 20.0 Å². The fourth-order valence-electron chi connectivity index (χ4n) is 2.94. The van der Waals surface area contributed by atoms with Gasteiger partial charge in [-0.1, -0.05) is 0 Å². The quantitative estimate of drug-likeness (QED) is 0.798. The number of piperidine rings is 1. The molecule has 0 saturated carbocycles. The molecule has 2 unspecified atom stereocenters. The van der Waals surface area contributed by atoms with Crippen LogP contribution in [0.5, 0.6) is 0 Å². The van der Waals surface area contributed by atoms with Crippen molar-refractivity contribution in [2.24, 2.45) is 0 Å². The van der Waals surface area contributed by atoms with Crippen molar-refractivity contribution in [1.82, 2.24) is 9.80 Å². The lowest BCUT2D eigenvalue weighted by Gasteiger charge is -2.38. The van der Waals surface area contributed by atoms with Crippen LogP contribution in [0.25, 0.3) is 0 Å². The number of rotatable bonds is 3. The van der Waals surface area contributed by atoms with Gasteiger partial charge in [0, 0.05) is 32.1 Å². The number of likely N-dealkylation sites (tertiary alicyclic amines) is 2. The van der Waals surface area contributed by atoms with Crippen LogP contribution in [0, 0.1) is 0 Å². The number of aliphatic carboxylic acids is 1. The van der Waals surface area contributed by atoms with Gasteiger partial charge in [0.1, 0.15) is 0 Å². The van der Waals surface area contributed by atoms with E-state index >= 15 is 0 Å². The molecule has 0 bridgehead atoms. The summed E-state index contributed by atoms with van der Waals surface area (Å²) in [7, 11) is 0. The van der Waals surface area contributed by atoms with Crippen molar-refractivity contribution in [3.8, 4) is 0 Å². The monoisotopic (exact) mass is 270 g/mol. The molecule has 2 saturated heterocycles. The average molecular weight is 270 g/mol. The summed E-state index contributed by atoms with van der Waals surface area (Å²) in [6.07, 6.45) is 3.78. The third kappa shape index (κ3) is 3.59. The van der Waals surface area contributed by atoms with Crippen molar-refractivity contribution in [2.75, 3.05) is 19.6 Å². The minimum Gasteiger partial charge on any atom is -0.481 e. The second kappa shape index (κ2) is 6.23. The van der Waals surface area contributed by atoms with Crippen molar-refractivity contribution in [1.29, 1.82) is 0 Å². The number of carboxylic acid groups (broad SMARTS) is 1. The maximum absolute atomic E-state index is 12.4. The largest absolute Gasteiger partial charge is 0.481 e. The number of hydrogen-bond donors (Lipinski definition) is 2. The zero-order valence-electron chi connectivity index (χ0n) is 11.1. The third-order valence-electron chi connectivity index (χ3n) is 4.00. The highest BCUT2D eigenvalue weighted by molar-refractivity contribution is 5.75. The van der Waals surface area contributed by atoms with Gasteiger partial charge >= 0.3 is 12.0 Å². The van der Waals surface area contributed by atoms with E-state index in [1.54, 1.807) is 4.90 Å². The van der Waals surface area contributed by atoms with Gasteiger partial charge in [-0.15, -0.1) is 0 Å². The highest BCUT2D eigenvalue weighted by Gasteiger charge is 2.33. The number of amides is 2. The molecule has 2 aliphatic rings. The lowest BCUT2D eigenvalue weighted by molar-refractivity contribution is -0.137. The van der Waals surface area contributed by atoms with Crippen LogP contribution in [0.2, 0.25) is 0 Å². The maximum Gasteiger partial charge on any atom is 0.320 e. The smallest absolute Gasteiger partial charge is 0.320 e. The van der Waals surface area contributed by atoms with E-state index in [9.17, 15) is 14.7 Å². The molecular formula is C13H22N2O4. The first-order valence-corrected chi connectivity index (χ1v) is 7.03. The zero-order valence-corrected chi connectivity index (χ0v) is 11.1. The van der Waals surface area contributed by atoms with Gasteiger partial charge in [-0.05, 0) is 32.1 Å². The number of β-amino-alcohol motifs (C(OH)–C–C–N with tert-alkyl or cyclic N) is 1. The van der Waals surface area contributed by atoms with Crippen LogP contribution in [0.3, 0.4) is 0 Å². The molecular weight excluding hydrogens is 248 g/mol. The van der Waals surface area contributed by atoms with Gasteiger partial charge in [-0.3, -0.25) is 4.79 Å². The summed E-state index contributed by atoms with van der Waals surface area (Å²) < 4.78 is 0. The number of nitrogens with zero attached hydrogens (tertiary/aromatic N) is 2. The van der Waals surface area contributed by atoms with Crippen LogP contribution in [-0.4, -0.2) is 63.8 Å². The summed E-state index contributed by atoms with van der Waals surface area (Å²) in [5.41, 5.74) is 0. The molecule has 6 nitrogen and oxygen atoms in total. The van der Waals surface area contributed by atoms with Crippen molar-refractivity contribution < 1.29 is 19.8 Å². The van der Waals surface area contributed by atoms with E-state index in [1.165, 1.54) is 0 Å². The Labute approximate surface area is 113 Å². The van der Waals surface area contributed by atoms with Crippen molar-refractivity contribution in [2.45, 2.75) is 50.7 Å². The highest BCUT2D eigenvalue weighted by atomic mass is 16.4. The first-order chi connectivity index (χ1) is 9.08. The number of hydrogen-bond acceptors (Lipinski definition) is 3. The average Bonchev–Trinajstić information content (AvgIpc) is 2.82. The molecule has 19 heavy (non-hydrogen) atoms. The number of urea groups is 1. The fraction of sp³-hybridized carbons (Fsp3) is 0.846. The van der Waals surface area contributed by atoms with Crippen molar-refractivity contribution in [3.63, 3.8) is 0 Å². The molecule has 2 N–H and O–H groups in total. The van der Waals surface area contributed by atoms with E-state index < -0.39 is 12.1 Å². The SMILES string of the molecule is O=C(O)CCC1CCCCN1C(=O)N1CCC(O)C1. The summed E-state index contributed by atoms with van der Waals surface area (Å²) in [6.45, 7) is 1.71. The van der Waals surface area contributed by atoms with Crippen LogP contribution in [0.4, 0.5) is 4.79 Å². The lowest BCUT2D eigenvalue weighted by Crippen LogP contribution is -2.50. The van der Waals surface area contributed by atoms with Crippen LogP contribution in [0.1, 0.15) is 38.5 Å². The molecule has 6 heteroatoms. The van der Waals surface area contributed by atoms with E-state index in [4.69, 9.17) is 5.11 Å². The standard InChI is InChI=1S/C13H22N2O4/c16-11-6-8-14(9-11)13(19)15-7-2-1-3-10(15)4-5-12(17)18/h10-11,16H,1-9H2,(H,17,18). The van der Waals surface area contributed by atoms with Crippen molar-refractivity contribution >= 4 is 12.0 Å². The van der Waals surface area contributed by atoms with E-state index in [2.05, 4.69) is 0 Å². The number of carboxylic acids is 1. The molecule has 0 aromatic carbocycles. The molecule has 2 aliphatic heterocycles. The molecule has 2 rings (SSSR count). The Balaban J connectivity index is 1.94. The molecule has 0 aromatic rings. The predicted octanol–water partition coefficient (Wildman–Crippen LogP) is 0.892. The Kier molecular flexibility index (Phi) is 4.63. The Morgan fingerprint density at radius 1 is 1.16 bits per heavy atom. The summed E-state index contributed by atoms with van der Waals surface area (Å²) in [5, 5.41) is 18.3. The summed E-state index contributed by atoms with van der Waals surface area (Å²) in [6, 6.07) is 0.00160. The Hall–Kier alpha value is -1.30. The fourth-order valence-corrected chi connectivity index (χ4v) is 2.94. The minimum atomic E-state index is -0.811. The zero-order chi connectivity index (χ0) is 13.8. The molecule has 0 radical (unpaired) electrons. The van der Waals surface area contributed by atoms with Gasteiger partial charge in [0.2, 0.25) is 0 Å². The Morgan fingerprint density at radius 3 is 2.58 bits per heavy atom. The lowest BCUT2D eigenvalue weighted by atomic mass is 9.98. The Morgan fingerprint density at radius 2 is 1.95 bits per heavy atom. The third-order valence-corrected chi connectivity index (χ3v) is 4.00. The number of carbonyl (C=O) groups excluding carboxylic acids is 1. The Bertz CT molecular complexity index is 348. The van der Waals surface area contributed by atoms with Gasteiger partial charge in [0.25, 0.3) is 0 Å². The maximum atomic E-state index is 12.4. The molecule has 0 aromatic heterocycles. The van der Waals surface area contributed by atoms with Crippen LogP contribution in [-0.2, 0) is 4.79 Å². The van der Waals surface area contributed by atoms with E-state index in [0.29, 0.717) is 32.5 Å². The van der Waals surface area contributed by atoms with Gasteiger partial charge in [0.05, 0.1) is 6.10 Å². The number of carbonyl (C=O) groups is 2. The van der Waals surface area contributed by atoms with E-state index in [0.717, 1.165) is 19.3 Å². The normalized spacial score (nSPS) is 27.6. The summed E-state index contributed by atoms with van der Waals surface area (Å²) in [5.74, 6) is -0.811. The molecule has 2 heterocycles. The van der Waals surface area contributed by atoms with Crippen molar-refractivity contribution in [3.05, 3.63) is 0 Å².